The van der Waals surface area contributed by atoms with Gasteiger partial charge in [0.2, 0.25) is 0 Å². The molecule has 0 saturated heterocycles. The largest absolute Gasteiger partial charge is 0.362 e. The molecule has 1 aromatic carbocycles. The van der Waals surface area contributed by atoms with Gasteiger partial charge < -0.3 is 4.90 Å². The van der Waals surface area contributed by atoms with Crippen molar-refractivity contribution in [1.29, 1.82) is 5.26 Å². The van der Waals surface area contributed by atoms with Gasteiger partial charge in [-0.25, -0.2) is 4.98 Å². The molecule has 3 heteroatoms. The summed E-state index contributed by atoms with van der Waals surface area (Å²) >= 11 is 0. The minimum Gasteiger partial charge on any atom is -0.362 e. The highest BCUT2D eigenvalue weighted by Crippen LogP contribution is 2.24. The molecule has 0 amide bonds. The summed E-state index contributed by atoms with van der Waals surface area (Å²) in [5.41, 5.74) is 3.86. The van der Waals surface area contributed by atoms with Crippen molar-refractivity contribution in [3.63, 3.8) is 0 Å². The van der Waals surface area contributed by atoms with Gasteiger partial charge in [0, 0.05) is 25.9 Å². The minimum absolute atomic E-state index is 0.595. The normalized spacial score (nSPS) is 9.89. The lowest BCUT2D eigenvalue weighted by molar-refractivity contribution is 1.06. The highest BCUT2D eigenvalue weighted by Gasteiger charge is 2.08. The third-order valence-corrected chi connectivity index (χ3v) is 2.80. The van der Waals surface area contributed by atoms with Crippen LogP contribution < -0.4 is 4.90 Å². The predicted molar refractivity (Wildman–Crippen MR) is 73.5 cm³/mol. The molecule has 0 aliphatic heterocycles. The van der Waals surface area contributed by atoms with E-state index in [9.17, 15) is 0 Å². The molecule has 0 atom stereocenters. The van der Waals surface area contributed by atoms with Gasteiger partial charge in [-0.2, -0.15) is 5.26 Å². The van der Waals surface area contributed by atoms with Crippen LogP contribution in [0.3, 0.4) is 0 Å². The summed E-state index contributed by atoms with van der Waals surface area (Å²) in [4.78, 5) is 6.20. The van der Waals surface area contributed by atoms with Gasteiger partial charge in [-0.1, -0.05) is 29.8 Å². The minimum atomic E-state index is 0.595. The quantitative estimate of drug-likeness (QED) is 0.806. The third-order valence-electron chi connectivity index (χ3n) is 2.80. The van der Waals surface area contributed by atoms with Gasteiger partial charge in [0.25, 0.3) is 0 Å². The molecule has 2 rings (SSSR count). The van der Waals surface area contributed by atoms with Gasteiger partial charge in [0.05, 0.1) is 5.56 Å². The standard InChI is InChI=1S/C15H15N3/c1-11-4-6-12(7-5-11)14-8-13(9-16)15(17-10-14)18(2)3/h4-8,10H,1-3H3. The molecule has 0 radical (unpaired) electrons. The monoisotopic (exact) mass is 237 g/mol. The van der Waals surface area contributed by atoms with E-state index in [1.54, 1.807) is 6.20 Å². The topological polar surface area (TPSA) is 39.9 Å². The Balaban J connectivity index is 2.48. The molecule has 90 valence electrons. The maximum atomic E-state index is 9.17. The molecule has 0 unspecified atom stereocenters. The summed E-state index contributed by atoms with van der Waals surface area (Å²) in [7, 11) is 3.77. The van der Waals surface area contributed by atoms with Crippen molar-refractivity contribution in [3.8, 4) is 17.2 Å². The van der Waals surface area contributed by atoms with Gasteiger partial charge in [0.15, 0.2) is 0 Å². The van der Waals surface area contributed by atoms with Gasteiger partial charge >= 0.3 is 0 Å². The van der Waals surface area contributed by atoms with E-state index >= 15 is 0 Å². The van der Waals surface area contributed by atoms with Crippen LogP contribution in [0.15, 0.2) is 36.5 Å². The fourth-order valence-corrected chi connectivity index (χ4v) is 1.80. The van der Waals surface area contributed by atoms with Crippen LogP contribution in [0.1, 0.15) is 11.1 Å². The Bertz CT molecular complexity index is 592. The fourth-order valence-electron chi connectivity index (χ4n) is 1.80. The number of nitrogens with zero attached hydrogens (tertiary/aromatic N) is 3. The number of pyridine rings is 1. The van der Waals surface area contributed by atoms with E-state index in [1.165, 1.54) is 5.56 Å². The lowest BCUT2D eigenvalue weighted by Gasteiger charge is -2.13. The predicted octanol–water partition coefficient (Wildman–Crippen LogP) is 2.99. The Morgan fingerprint density at radius 1 is 1.11 bits per heavy atom. The molecule has 0 fully saturated rings. The summed E-state index contributed by atoms with van der Waals surface area (Å²) in [6, 6.07) is 12.3. The van der Waals surface area contributed by atoms with Gasteiger partial charge in [-0.15, -0.1) is 0 Å². The van der Waals surface area contributed by atoms with Crippen LogP contribution in [0.5, 0.6) is 0 Å². The maximum Gasteiger partial charge on any atom is 0.146 e. The molecule has 1 aromatic heterocycles. The first-order valence-corrected chi connectivity index (χ1v) is 5.76. The second-order valence-corrected chi connectivity index (χ2v) is 4.47. The lowest BCUT2D eigenvalue weighted by atomic mass is 10.0. The zero-order valence-corrected chi connectivity index (χ0v) is 10.8. The molecule has 0 aliphatic rings. The zero-order chi connectivity index (χ0) is 13.1. The summed E-state index contributed by atoms with van der Waals surface area (Å²) in [6.45, 7) is 2.05. The van der Waals surface area contributed by atoms with Crippen LogP contribution in [-0.4, -0.2) is 19.1 Å². The molecule has 0 aliphatic carbocycles. The molecule has 1 heterocycles. The molecule has 0 saturated carbocycles. The molecule has 18 heavy (non-hydrogen) atoms. The van der Waals surface area contributed by atoms with E-state index in [0.29, 0.717) is 11.4 Å². The number of hydrogen-bond donors (Lipinski definition) is 0. The molecule has 3 nitrogen and oxygen atoms in total. The van der Waals surface area contributed by atoms with Crippen molar-refractivity contribution in [2.75, 3.05) is 19.0 Å². The smallest absolute Gasteiger partial charge is 0.146 e. The van der Waals surface area contributed by atoms with Crippen LogP contribution in [-0.2, 0) is 0 Å². The lowest BCUT2D eigenvalue weighted by Crippen LogP contribution is -2.12. The van der Waals surface area contributed by atoms with Crippen LogP contribution in [0.2, 0.25) is 0 Å². The number of aryl methyl sites for hydroxylation is 1. The van der Waals surface area contributed by atoms with Gasteiger partial charge in [-0.3, -0.25) is 0 Å². The third kappa shape index (κ3) is 2.33. The number of hydrogen-bond acceptors (Lipinski definition) is 3. The Labute approximate surface area is 107 Å². The molecule has 0 bridgehead atoms. The SMILES string of the molecule is Cc1ccc(-c2cnc(N(C)C)c(C#N)c2)cc1. The Hall–Kier alpha value is -2.34. The van der Waals surface area contributed by atoms with Crippen molar-refractivity contribution in [3.05, 3.63) is 47.7 Å². The van der Waals surface area contributed by atoms with Gasteiger partial charge in [0.1, 0.15) is 11.9 Å². The number of anilines is 1. The zero-order valence-electron chi connectivity index (χ0n) is 10.8. The number of rotatable bonds is 2. The first-order chi connectivity index (χ1) is 8.61. The van der Waals surface area contributed by atoms with E-state index in [-0.39, 0.29) is 0 Å². The summed E-state index contributed by atoms with van der Waals surface area (Å²) < 4.78 is 0. The van der Waals surface area contributed by atoms with Crippen molar-refractivity contribution in [2.45, 2.75) is 6.92 Å². The van der Waals surface area contributed by atoms with Crippen LogP contribution in [0.4, 0.5) is 5.82 Å². The van der Waals surface area contributed by atoms with Crippen molar-refractivity contribution in [1.82, 2.24) is 4.98 Å². The average Bonchev–Trinajstić information content (AvgIpc) is 2.38. The second-order valence-electron chi connectivity index (χ2n) is 4.47. The highest BCUT2D eigenvalue weighted by atomic mass is 15.1. The van der Waals surface area contributed by atoms with E-state index in [0.717, 1.165) is 11.1 Å². The van der Waals surface area contributed by atoms with E-state index in [2.05, 4.69) is 30.1 Å². The summed E-state index contributed by atoms with van der Waals surface area (Å²) in [6.07, 6.45) is 1.81. The Kier molecular flexibility index (Phi) is 3.29. The van der Waals surface area contributed by atoms with E-state index in [4.69, 9.17) is 5.26 Å². The van der Waals surface area contributed by atoms with Crippen LogP contribution in [0.25, 0.3) is 11.1 Å². The van der Waals surface area contributed by atoms with E-state index in [1.807, 2.05) is 37.2 Å². The van der Waals surface area contributed by atoms with Crippen LogP contribution >= 0.6 is 0 Å². The molecule has 0 spiro atoms. The first-order valence-electron chi connectivity index (χ1n) is 5.76. The first kappa shape index (κ1) is 12.1. The summed E-state index contributed by atoms with van der Waals surface area (Å²) in [5.74, 6) is 0.702. The number of aromatic nitrogens is 1. The number of nitriles is 1. The molecule has 0 N–H and O–H groups in total. The van der Waals surface area contributed by atoms with Crippen molar-refractivity contribution in [2.24, 2.45) is 0 Å². The molecular formula is C15H15N3. The Morgan fingerprint density at radius 2 is 1.78 bits per heavy atom. The summed E-state index contributed by atoms with van der Waals surface area (Å²) in [5, 5.41) is 9.17. The van der Waals surface area contributed by atoms with Crippen molar-refractivity contribution < 1.29 is 0 Å². The second kappa shape index (κ2) is 4.89. The average molecular weight is 237 g/mol. The maximum absolute atomic E-state index is 9.17. The Morgan fingerprint density at radius 3 is 2.33 bits per heavy atom. The van der Waals surface area contributed by atoms with Crippen LogP contribution in [0, 0.1) is 18.3 Å². The number of benzene rings is 1. The van der Waals surface area contributed by atoms with Gasteiger partial charge in [-0.05, 0) is 18.6 Å². The molecule has 2 aromatic rings. The van der Waals surface area contributed by atoms with Crippen molar-refractivity contribution >= 4 is 5.82 Å². The van der Waals surface area contributed by atoms with E-state index < -0.39 is 0 Å². The fraction of sp³-hybridized carbons (Fsp3) is 0.200. The molecular weight excluding hydrogens is 222 g/mol. The highest BCUT2D eigenvalue weighted by molar-refractivity contribution is 5.68.